The first kappa shape index (κ1) is 10.5. The number of aromatic amines is 1. The van der Waals surface area contributed by atoms with Crippen LogP contribution in [0.3, 0.4) is 0 Å². The second-order valence-electron chi connectivity index (χ2n) is 3.83. The Bertz CT molecular complexity index is 609. The highest BCUT2D eigenvalue weighted by Gasteiger charge is 2.14. The average Bonchev–Trinajstić information content (AvgIpc) is 2.53. The van der Waals surface area contributed by atoms with Crippen LogP contribution in [0.5, 0.6) is 0 Å². The predicted molar refractivity (Wildman–Crippen MR) is 59.6 cm³/mol. The van der Waals surface area contributed by atoms with Gasteiger partial charge < -0.3 is 10.1 Å². The fourth-order valence-corrected chi connectivity index (χ4v) is 1.65. The molecule has 0 aliphatic carbocycles. The van der Waals surface area contributed by atoms with Crippen LogP contribution in [-0.2, 0) is 11.8 Å². The molecule has 0 bridgehead atoms. The molecule has 16 heavy (non-hydrogen) atoms. The van der Waals surface area contributed by atoms with Crippen molar-refractivity contribution in [2.24, 2.45) is 7.05 Å². The lowest BCUT2D eigenvalue weighted by molar-refractivity contribution is -0.138. The van der Waals surface area contributed by atoms with Crippen molar-refractivity contribution in [1.29, 1.82) is 0 Å². The second kappa shape index (κ2) is 3.52. The molecule has 5 heteroatoms. The first-order valence-electron chi connectivity index (χ1n) is 4.92. The number of aryl methyl sites for hydroxylation is 1. The summed E-state index contributed by atoms with van der Waals surface area (Å²) in [5.41, 5.74) is 1.93. The Morgan fingerprint density at radius 3 is 2.81 bits per heavy atom. The molecule has 1 heterocycles. The van der Waals surface area contributed by atoms with Crippen LogP contribution in [0.25, 0.3) is 11.0 Å². The molecule has 2 aromatic rings. The molecule has 2 N–H and O–H groups in total. The lowest BCUT2D eigenvalue weighted by atomic mass is 10.0. The molecule has 5 nitrogen and oxygen atoms in total. The highest BCUT2D eigenvalue weighted by molar-refractivity contribution is 5.80. The van der Waals surface area contributed by atoms with Gasteiger partial charge in [0, 0.05) is 7.05 Å². The Kier molecular flexibility index (Phi) is 2.30. The molecule has 1 atom stereocenters. The van der Waals surface area contributed by atoms with Gasteiger partial charge in [0.1, 0.15) is 0 Å². The Hall–Kier alpha value is -2.04. The minimum Gasteiger partial charge on any atom is -0.481 e. The van der Waals surface area contributed by atoms with Crippen molar-refractivity contribution in [1.82, 2.24) is 9.55 Å². The van der Waals surface area contributed by atoms with Gasteiger partial charge in [-0.2, -0.15) is 0 Å². The summed E-state index contributed by atoms with van der Waals surface area (Å²) >= 11 is 0. The van der Waals surface area contributed by atoms with Gasteiger partial charge in [0.2, 0.25) is 0 Å². The number of H-pyrrole nitrogens is 1. The third kappa shape index (κ3) is 1.50. The number of imidazole rings is 1. The maximum atomic E-state index is 11.3. The number of benzene rings is 1. The maximum Gasteiger partial charge on any atom is 0.326 e. The molecule has 0 aliphatic heterocycles. The Labute approximate surface area is 91.3 Å². The number of rotatable bonds is 2. The predicted octanol–water partition coefficient (Wildman–Crippen LogP) is 1.05. The summed E-state index contributed by atoms with van der Waals surface area (Å²) < 4.78 is 1.47. The van der Waals surface area contributed by atoms with Crippen LogP contribution < -0.4 is 5.69 Å². The summed E-state index contributed by atoms with van der Waals surface area (Å²) in [4.78, 5) is 24.9. The first-order chi connectivity index (χ1) is 7.50. The molecule has 0 saturated carbocycles. The number of aliphatic carboxylic acids is 1. The van der Waals surface area contributed by atoms with E-state index in [1.54, 1.807) is 32.2 Å². The average molecular weight is 220 g/mol. The van der Waals surface area contributed by atoms with Crippen molar-refractivity contribution in [3.05, 3.63) is 34.2 Å². The van der Waals surface area contributed by atoms with Gasteiger partial charge in [-0.05, 0) is 24.6 Å². The fraction of sp³-hybridized carbons (Fsp3) is 0.273. The van der Waals surface area contributed by atoms with Crippen molar-refractivity contribution in [2.45, 2.75) is 12.8 Å². The van der Waals surface area contributed by atoms with Crippen LogP contribution in [0.4, 0.5) is 0 Å². The van der Waals surface area contributed by atoms with E-state index in [1.807, 2.05) is 0 Å². The quantitative estimate of drug-likeness (QED) is 0.794. The Morgan fingerprint density at radius 2 is 2.19 bits per heavy atom. The van der Waals surface area contributed by atoms with Crippen LogP contribution in [0.1, 0.15) is 18.4 Å². The van der Waals surface area contributed by atoms with Gasteiger partial charge in [-0.1, -0.05) is 6.07 Å². The molecule has 0 amide bonds. The fourth-order valence-electron chi connectivity index (χ4n) is 1.65. The normalized spacial score (nSPS) is 12.9. The van der Waals surface area contributed by atoms with E-state index in [4.69, 9.17) is 5.11 Å². The van der Waals surface area contributed by atoms with Gasteiger partial charge >= 0.3 is 11.7 Å². The van der Waals surface area contributed by atoms with Crippen LogP contribution >= 0.6 is 0 Å². The van der Waals surface area contributed by atoms with E-state index < -0.39 is 11.9 Å². The van der Waals surface area contributed by atoms with Crippen molar-refractivity contribution in [3.8, 4) is 0 Å². The number of hydrogen-bond donors (Lipinski definition) is 2. The number of nitrogens with one attached hydrogen (secondary N) is 1. The van der Waals surface area contributed by atoms with Gasteiger partial charge in [-0.15, -0.1) is 0 Å². The number of fused-ring (bicyclic) bond motifs is 1. The molecule has 1 unspecified atom stereocenters. The van der Waals surface area contributed by atoms with Crippen molar-refractivity contribution < 1.29 is 9.90 Å². The molecule has 0 radical (unpaired) electrons. The topological polar surface area (TPSA) is 75.1 Å². The zero-order chi connectivity index (χ0) is 11.9. The van der Waals surface area contributed by atoms with Crippen molar-refractivity contribution in [3.63, 3.8) is 0 Å². The number of nitrogens with zero attached hydrogens (tertiary/aromatic N) is 1. The van der Waals surface area contributed by atoms with Crippen LogP contribution in [-0.4, -0.2) is 20.6 Å². The van der Waals surface area contributed by atoms with Crippen LogP contribution in [0.15, 0.2) is 23.0 Å². The summed E-state index contributed by atoms with van der Waals surface area (Å²) in [6.45, 7) is 1.62. The van der Waals surface area contributed by atoms with E-state index >= 15 is 0 Å². The van der Waals surface area contributed by atoms with E-state index in [1.165, 1.54) is 4.57 Å². The van der Waals surface area contributed by atoms with Crippen LogP contribution in [0.2, 0.25) is 0 Å². The first-order valence-corrected chi connectivity index (χ1v) is 4.92. The van der Waals surface area contributed by atoms with Gasteiger partial charge in [-0.3, -0.25) is 9.36 Å². The lowest BCUT2D eigenvalue weighted by Gasteiger charge is -2.06. The largest absolute Gasteiger partial charge is 0.481 e. The summed E-state index contributed by atoms with van der Waals surface area (Å²) in [7, 11) is 1.65. The molecule has 2 rings (SSSR count). The number of carboxylic acid groups (broad SMARTS) is 1. The molecule has 1 aromatic carbocycles. The zero-order valence-electron chi connectivity index (χ0n) is 9.02. The smallest absolute Gasteiger partial charge is 0.326 e. The van der Waals surface area contributed by atoms with E-state index in [0.717, 1.165) is 5.52 Å². The highest BCUT2D eigenvalue weighted by atomic mass is 16.4. The van der Waals surface area contributed by atoms with E-state index in [9.17, 15) is 9.59 Å². The van der Waals surface area contributed by atoms with Crippen molar-refractivity contribution >= 4 is 17.0 Å². The monoisotopic (exact) mass is 220 g/mol. The number of aromatic nitrogens is 2. The van der Waals surface area contributed by atoms with Gasteiger partial charge in [-0.25, -0.2) is 4.79 Å². The van der Waals surface area contributed by atoms with E-state index in [2.05, 4.69) is 4.98 Å². The molecule has 0 fully saturated rings. The lowest BCUT2D eigenvalue weighted by Crippen LogP contribution is -2.12. The minimum absolute atomic E-state index is 0.199. The molecule has 84 valence electrons. The van der Waals surface area contributed by atoms with Gasteiger partial charge in [0.25, 0.3) is 0 Å². The van der Waals surface area contributed by atoms with Crippen molar-refractivity contribution in [2.75, 3.05) is 0 Å². The Morgan fingerprint density at radius 1 is 1.50 bits per heavy atom. The third-order valence-electron chi connectivity index (χ3n) is 2.80. The van der Waals surface area contributed by atoms with Gasteiger partial charge in [0.15, 0.2) is 0 Å². The van der Waals surface area contributed by atoms with Crippen LogP contribution in [0, 0.1) is 0 Å². The summed E-state index contributed by atoms with van der Waals surface area (Å²) in [6, 6.07) is 5.18. The molecular weight excluding hydrogens is 208 g/mol. The molecule has 0 aliphatic rings. The zero-order valence-corrected chi connectivity index (χ0v) is 9.02. The number of hydrogen-bond acceptors (Lipinski definition) is 2. The standard InChI is InChI=1S/C11H12N2O3/c1-6(10(14)15)7-3-4-8-9(5-7)13(2)11(16)12-8/h3-6H,1-2H3,(H,12,16)(H,14,15). The minimum atomic E-state index is -0.875. The number of carbonyl (C=O) groups is 1. The van der Waals surface area contributed by atoms with E-state index in [-0.39, 0.29) is 5.69 Å². The second-order valence-corrected chi connectivity index (χ2v) is 3.83. The summed E-state index contributed by atoms with van der Waals surface area (Å²) in [5.74, 6) is -1.45. The molecule has 0 spiro atoms. The molecular formula is C11H12N2O3. The molecule has 1 aromatic heterocycles. The summed E-state index contributed by atoms with van der Waals surface area (Å²) in [6.07, 6.45) is 0. The van der Waals surface area contributed by atoms with Gasteiger partial charge in [0.05, 0.1) is 17.0 Å². The van der Waals surface area contributed by atoms with E-state index in [0.29, 0.717) is 11.1 Å². The molecule has 0 saturated heterocycles. The summed E-state index contributed by atoms with van der Waals surface area (Å²) in [5, 5.41) is 8.91. The number of carboxylic acids is 1. The maximum absolute atomic E-state index is 11.3. The third-order valence-corrected chi connectivity index (χ3v) is 2.80. The highest BCUT2D eigenvalue weighted by Crippen LogP contribution is 2.19. The Balaban J connectivity index is 2.63. The SMILES string of the molecule is CC(C(=O)O)c1ccc2[nH]c(=O)n(C)c2c1.